The number of amides is 2. The number of nitrogens with one attached hydrogen (secondary N) is 3. The number of anilines is 1. The summed E-state index contributed by atoms with van der Waals surface area (Å²) in [5, 5.41) is 17.4. The number of alkyl halides is 3. The van der Waals surface area contributed by atoms with Crippen molar-refractivity contribution in [3.63, 3.8) is 0 Å². The highest BCUT2D eigenvalue weighted by Gasteiger charge is 2.34. The largest absolute Gasteiger partial charge is 0.467 e. The molecule has 0 aromatic heterocycles. The lowest BCUT2D eigenvalue weighted by Gasteiger charge is -2.24. The van der Waals surface area contributed by atoms with Crippen molar-refractivity contribution in [2.75, 3.05) is 19.5 Å². The van der Waals surface area contributed by atoms with Gasteiger partial charge in [0, 0.05) is 5.69 Å². The Morgan fingerprint density at radius 1 is 1.03 bits per heavy atom. The molecule has 0 saturated carbocycles. The van der Waals surface area contributed by atoms with Gasteiger partial charge in [-0.3, -0.25) is 9.59 Å². The van der Waals surface area contributed by atoms with Crippen molar-refractivity contribution in [3.05, 3.63) is 65.7 Å². The number of hydrogen-bond acceptors (Lipinski definition) is 6. The number of methoxy groups -OCH3 is 1. The van der Waals surface area contributed by atoms with E-state index in [-0.39, 0.29) is 12.1 Å². The molecule has 0 aliphatic carbocycles. The van der Waals surface area contributed by atoms with Crippen molar-refractivity contribution in [1.29, 1.82) is 0 Å². The first kappa shape index (κ1) is 26.8. The van der Waals surface area contributed by atoms with Crippen LogP contribution in [0.15, 0.2) is 54.6 Å². The number of rotatable bonds is 10. The van der Waals surface area contributed by atoms with Crippen molar-refractivity contribution in [2.24, 2.45) is 0 Å². The monoisotopic (exact) mass is 481 g/mol. The van der Waals surface area contributed by atoms with Gasteiger partial charge in [0.1, 0.15) is 12.1 Å². The van der Waals surface area contributed by atoms with Crippen molar-refractivity contribution >= 4 is 23.5 Å². The minimum Gasteiger partial charge on any atom is -0.467 e. The quantitative estimate of drug-likeness (QED) is 0.385. The van der Waals surface area contributed by atoms with E-state index >= 15 is 0 Å². The van der Waals surface area contributed by atoms with Gasteiger partial charge in [0.2, 0.25) is 11.8 Å². The van der Waals surface area contributed by atoms with Crippen LogP contribution < -0.4 is 16.0 Å². The Labute approximate surface area is 194 Å². The van der Waals surface area contributed by atoms with E-state index in [2.05, 4.69) is 20.7 Å². The first-order chi connectivity index (χ1) is 16.1. The van der Waals surface area contributed by atoms with Crippen LogP contribution in [0.3, 0.4) is 0 Å². The molecule has 0 aliphatic heterocycles. The van der Waals surface area contributed by atoms with Gasteiger partial charge in [-0.2, -0.15) is 13.2 Å². The van der Waals surface area contributed by atoms with Gasteiger partial charge in [-0.05, 0) is 43.7 Å². The summed E-state index contributed by atoms with van der Waals surface area (Å²) in [5.74, 6) is -2.67. The third-order valence-corrected chi connectivity index (χ3v) is 5.01. The van der Waals surface area contributed by atoms with Crippen molar-refractivity contribution in [3.8, 4) is 0 Å². The molecule has 0 bridgehead atoms. The average Bonchev–Trinajstić information content (AvgIpc) is 2.81. The van der Waals surface area contributed by atoms with E-state index in [0.717, 1.165) is 30.9 Å². The molecule has 2 aromatic carbocycles. The molecule has 4 N–H and O–H groups in total. The predicted molar refractivity (Wildman–Crippen MR) is 118 cm³/mol. The zero-order valence-corrected chi connectivity index (χ0v) is 18.6. The fourth-order valence-electron chi connectivity index (χ4n) is 3.18. The molecule has 2 amide bonds. The van der Waals surface area contributed by atoms with Gasteiger partial charge >= 0.3 is 12.1 Å². The maximum absolute atomic E-state index is 13.0. The van der Waals surface area contributed by atoms with Crippen LogP contribution in [0.5, 0.6) is 0 Å². The van der Waals surface area contributed by atoms with Crippen molar-refractivity contribution in [1.82, 2.24) is 10.6 Å². The Hall–Kier alpha value is -3.44. The van der Waals surface area contributed by atoms with Gasteiger partial charge in [0.25, 0.3) is 0 Å². The molecule has 0 fully saturated rings. The third-order valence-electron chi connectivity index (χ3n) is 5.01. The summed E-state index contributed by atoms with van der Waals surface area (Å²) >= 11 is 0. The minimum absolute atomic E-state index is 0.0986. The Bertz CT molecular complexity index is 985. The molecule has 0 heterocycles. The third kappa shape index (κ3) is 7.56. The van der Waals surface area contributed by atoms with Gasteiger partial charge in [-0.25, -0.2) is 4.79 Å². The normalized spacial score (nSPS) is 13.9. The number of carbonyl (C=O) groups is 3. The van der Waals surface area contributed by atoms with Crippen LogP contribution in [-0.2, 0) is 31.7 Å². The van der Waals surface area contributed by atoms with Crippen LogP contribution >= 0.6 is 0 Å². The Kier molecular flexibility index (Phi) is 9.58. The first-order valence-corrected chi connectivity index (χ1v) is 10.3. The average molecular weight is 481 g/mol. The minimum atomic E-state index is -4.59. The SMILES string of the molecule is CNC(C(=O)N[C@@H](CCc1ccccc1)C(=O)Nc1cccc(C(F)(F)F)c1)[C@H](O)C(=O)OC. The lowest BCUT2D eigenvalue weighted by molar-refractivity contribution is -0.154. The van der Waals surface area contributed by atoms with E-state index in [9.17, 15) is 32.7 Å². The summed E-state index contributed by atoms with van der Waals surface area (Å²) in [6.45, 7) is 0. The molecule has 2 aromatic rings. The number of carbonyl (C=O) groups excluding carboxylic acids is 3. The lowest BCUT2D eigenvalue weighted by atomic mass is 10.0. The van der Waals surface area contributed by atoms with Gasteiger partial charge < -0.3 is 25.8 Å². The fourth-order valence-corrected chi connectivity index (χ4v) is 3.18. The molecule has 11 heteroatoms. The summed E-state index contributed by atoms with van der Waals surface area (Å²) in [6, 6.07) is 10.6. The highest BCUT2D eigenvalue weighted by Crippen LogP contribution is 2.30. The molecule has 0 radical (unpaired) electrons. The van der Waals surface area contributed by atoms with E-state index in [1.165, 1.54) is 13.1 Å². The molecule has 0 aliphatic rings. The standard InChI is InChI=1S/C23H26F3N3O5/c1-27-18(19(30)22(33)34-2)21(32)29-17(12-11-14-7-4-3-5-8-14)20(31)28-16-10-6-9-15(13-16)23(24,25)26/h3-10,13,17-19,27,30H,11-12H2,1-2H3,(H,28,31)(H,29,32)/t17-,18?,19-/m0/s1. The van der Waals surface area contributed by atoms with Crippen LogP contribution in [-0.4, -0.2) is 55.2 Å². The number of likely N-dealkylation sites (N-methyl/N-ethyl adjacent to an activating group) is 1. The molecular weight excluding hydrogens is 455 g/mol. The summed E-state index contributed by atoms with van der Waals surface area (Å²) in [4.78, 5) is 37.3. The van der Waals surface area contributed by atoms with E-state index in [1.807, 2.05) is 18.2 Å². The Morgan fingerprint density at radius 3 is 2.29 bits per heavy atom. The maximum Gasteiger partial charge on any atom is 0.416 e. The maximum atomic E-state index is 13.0. The second kappa shape index (κ2) is 12.1. The number of esters is 1. The molecule has 8 nitrogen and oxygen atoms in total. The van der Waals surface area contributed by atoms with E-state index < -0.39 is 47.7 Å². The van der Waals surface area contributed by atoms with Crippen molar-refractivity contribution < 1.29 is 37.4 Å². The number of halogens is 3. The molecular formula is C23H26F3N3O5. The molecule has 0 spiro atoms. The second-order valence-electron chi connectivity index (χ2n) is 7.39. The molecule has 3 atom stereocenters. The number of aryl methyl sites for hydroxylation is 1. The second-order valence-corrected chi connectivity index (χ2v) is 7.39. The van der Waals surface area contributed by atoms with E-state index in [0.29, 0.717) is 6.42 Å². The number of benzene rings is 2. The summed E-state index contributed by atoms with van der Waals surface area (Å²) in [5.41, 5.74) is -0.168. The molecule has 184 valence electrons. The van der Waals surface area contributed by atoms with Gasteiger partial charge in [0.15, 0.2) is 6.10 Å². The van der Waals surface area contributed by atoms with Crippen LogP contribution in [0, 0.1) is 0 Å². The lowest BCUT2D eigenvalue weighted by Crippen LogP contribution is -2.56. The Morgan fingerprint density at radius 2 is 1.71 bits per heavy atom. The number of ether oxygens (including phenoxy) is 1. The van der Waals surface area contributed by atoms with Crippen LogP contribution in [0.25, 0.3) is 0 Å². The zero-order valence-electron chi connectivity index (χ0n) is 18.6. The molecule has 0 saturated heterocycles. The predicted octanol–water partition coefficient (Wildman–Crippen LogP) is 1.88. The Balaban J connectivity index is 2.21. The van der Waals surface area contributed by atoms with Gasteiger partial charge in [-0.1, -0.05) is 36.4 Å². The van der Waals surface area contributed by atoms with Crippen LogP contribution in [0.2, 0.25) is 0 Å². The molecule has 1 unspecified atom stereocenters. The van der Waals surface area contributed by atoms with E-state index in [1.54, 1.807) is 12.1 Å². The highest BCUT2D eigenvalue weighted by molar-refractivity contribution is 5.98. The number of aliphatic hydroxyl groups excluding tert-OH is 1. The highest BCUT2D eigenvalue weighted by atomic mass is 19.4. The van der Waals surface area contributed by atoms with Gasteiger partial charge in [0.05, 0.1) is 12.7 Å². The topological polar surface area (TPSA) is 117 Å². The van der Waals surface area contributed by atoms with Crippen LogP contribution in [0.4, 0.5) is 18.9 Å². The number of aliphatic hydroxyl groups is 1. The molecule has 2 rings (SSSR count). The summed E-state index contributed by atoms with van der Waals surface area (Å²) in [7, 11) is 2.37. The molecule has 34 heavy (non-hydrogen) atoms. The van der Waals surface area contributed by atoms with E-state index in [4.69, 9.17) is 0 Å². The first-order valence-electron chi connectivity index (χ1n) is 10.3. The van der Waals surface area contributed by atoms with Crippen molar-refractivity contribution in [2.45, 2.75) is 37.2 Å². The zero-order chi connectivity index (χ0) is 25.3. The summed E-state index contributed by atoms with van der Waals surface area (Å²) in [6.07, 6.45) is -5.96. The summed E-state index contributed by atoms with van der Waals surface area (Å²) < 4.78 is 43.5. The smallest absolute Gasteiger partial charge is 0.416 e. The van der Waals surface area contributed by atoms with Crippen LogP contribution in [0.1, 0.15) is 17.5 Å². The fraction of sp³-hybridized carbons (Fsp3) is 0.348. The number of hydrogen-bond donors (Lipinski definition) is 4. The van der Waals surface area contributed by atoms with Gasteiger partial charge in [-0.15, -0.1) is 0 Å².